The molecule has 12 heteroatoms. The van der Waals surface area contributed by atoms with E-state index in [-0.39, 0.29) is 9.47 Å². The SMILES string of the molecule is CC1(C)OB(c2ccc(C(=O)Nc3nnc(S(N)(=O)=O)s3)cc2)OC1(C)C. The number of anilines is 1. The molecule has 1 aromatic carbocycles. The predicted molar refractivity (Wildman–Crippen MR) is 101 cm³/mol. The third-order valence-corrected chi connectivity index (χ3v) is 6.72. The molecule has 27 heavy (non-hydrogen) atoms. The Balaban J connectivity index is 1.70. The van der Waals surface area contributed by atoms with Crippen molar-refractivity contribution < 1.29 is 22.5 Å². The molecule has 1 fully saturated rings. The first-order valence-electron chi connectivity index (χ1n) is 8.02. The molecule has 0 spiro atoms. The maximum Gasteiger partial charge on any atom is 0.494 e. The van der Waals surface area contributed by atoms with Gasteiger partial charge in [-0.15, -0.1) is 10.2 Å². The van der Waals surface area contributed by atoms with Crippen molar-refractivity contribution in [3.63, 3.8) is 0 Å². The normalized spacial score (nSPS) is 18.5. The second-order valence-corrected chi connectivity index (χ2v) is 9.80. The van der Waals surface area contributed by atoms with Crippen LogP contribution in [-0.4, -0.2) is 42.8 Å². The Morgan fingerprint density at radius 3 is 2.15 bits per heavy atom. The average molecular weight is 410 g/mol. The van der Waals surface area contributed by atoms with Crippen molar-refractivity contribution in [1.29, 1.82) is 0 Å². The molecule has 0 radical (unpaired) electrons. The van der Waals surface area contributed by atoms with Crippen LogP contribution in [-0.2, 0) is 19.3 Å². The fourth-order valence-corrected chi connectivity index (χ4v) is 3.64. The number of carbonyl (C=O) groups is 1. The smallest absolute Gasteiger partial charge is 0.399 e. The third kappa shape index (κ3) is 4.04. The number of aromatic nitrogens is 2. The molecule has 0 aliphatic carbocycles. The van der Waals surface area contributed by atoms with Crippen LogP contribution < -0.4 is 15.9 Å². The van der Waals surface area contributed by atoms with E-state index < -0.39 is 34.3 Å². The van der Waals surface area contributed by atoms with Crippen LogP contribution in [0.15, 0.2) is 28.6 Å². The van der Waals surface area contributed by atoms with Crippen LogP contribution in [0.5, 0.6) is 0 Å². The number of nitrogens with zero attached hydrogens (tertiary/aromatic N) is 2. The predicted octanol–water partition coefficient (Wildman–Crippen LogP) is 0.737. The standard InChI is InChI=1S/C15H19BN4O5S2/c1-14(2)15(3,4)25-16(24-14)10-7-5-9(6-8-10)11(21)18-12-19-20-13(26-12)27(17,22)23/h5-8H,1-4H3,(H2,17,22,23)(H,18,19,21). The van der Waals surface area contributed by atoms with Crippen molar-refractivity contribution in [2.75, 3.05) is 5.32 Å². The highest BCUT2D eigenvalue weighted by atomic mass is 32.2. The summed E-state index contributed by atoms with van der Waals surface area (Å²) in [6, 6.07) is 6.73. The average Bonchev–Trinajstić information content (AvgIpc) is 3.10. The zero-order chi connectivity index (χ0) is 20.0. The molecule has 144 valence electrons. The first-order chi connectivity index (χ1) is 12.4. The van der Waals surface area contributed by atoms with Crippen molar-refractivity contribution in [1.82, 2.24) is 10.2 Å². The topological polar surface area (TPSA) is 133 Å². The number of primary sulfonamides is 1. The van der Waals surface area contributed by atoms with E-state index in [1.165, 1.54) is 0 Å². The molecule has 3 rings (SSSR count). The molecule has 2 aromatic rings. The van der Waals surface area contributed by atoms with Gasteiger partial charge in [0.15, 0.2) is 0 Å². The van der Waals surface area contributed by atoms with Crippen molar-refractivity contribution in [2.45, 2.75) is 43.2 Å². The monoisotopic (exact) mass is 410 g/mol. The Hall–Kier alpha value is -1.86. The fourth-order valence-electron chi connectivity index (χ4n) is 2.32. The second-order valence-electron chi connectivity index (χ2n) is 7.08. The van der Waals surface area contributed by atoms with E-state index in [0.29, 0.717) is 16.9 Å². The van der Waals surface area contributed by atoms with Gasteiger partial charge in [-0.2, -0.15) is 0 Å². The highest BCUT2D eigenvalue weighted by molar-refractivity contribution is 7.91. The zero-order valence-electron chi connectivity index (χ0n) is 15.2. The lowest BCUT2D eigenvalue weighted by molar-refractivity contribution is 0.00578. The lowest BCUT2D eigenvalue weighted by Crippen LogP contribution is -2.41. The quantitative estimate of drug-likeness (QED) is 0.561. The van der Waals surface area contributed by atoms with Crippen LogP contribution in [0.25, 0.3) is 0 Å². The molecule has 1 aliphatic heterocycles. The Morgan fingerprint density at radius 1 is 1.11 bits per heavy atom. The summed E-state index contributed by atoms with van der Waals surface area (Å²) in [5.41, 5.74) is 0.249. The van der Waals surface area contributed by atoms with Crippen molar-refractivity contribution in [2.24, 2.45) is 5.14 Å². The molecule has 1 aliphatic rings. The number of carbonyl (C=O) groups excluding carboxylic acids is 1. The summed E-state index contributed by atoms with van der Waals surface area (Å²) in [7, 11) is -4.47. The molecule has 0 atom stereocenters. The van der Waals surface area contributed by atoms with Gasteiger partial charge in [-0.25, -0.2) is 13.6 Å². The summed E-state index contributed by atoms with van der Waals surface area (Å²) in [5, 5.41) is 14.5. The first kappa shape index (κ1) is 19.9. The van der Waals surface area contributed by atoms with E-state index in [1.54, 1.807) is 24.3 Å². The van der Waals surface area contributed by atoms with E-state index in [1.807, 2.05) is 27.7 Å². The molecule has 0 bridgehead atoms. The van der Waals surface area contributed by atoms with E-state index in [4.69, 9.17) is 14.4 Å². The van der Waals surface area contributed by atoms with Crippen LogP contribution in [0.3, 0.4) is 0 Å². The molecular formula is C15H19BN4O5S2. The molecule has 9 nitrogen and oxygen atoms in total. The molecule has 3 N–H and O–H groups in total. The Labute approximate surface area is 161 Å². The molecule has 1 saturated heterocycles. The fraction of sp³-hybridized carbons (Fsp3) is 0.400. The van der Waals surface area contributed by atoms with Gasteiger partial charge in [-0.1, -0.05) is 23.5 Å². The molecule has 0 saturated carbocycles. The molecule has 1 aromatic heterocycles. The van der Waals surface area contributed by atoms with Crippen molar-refractivity contribution in [3.8, 4) is 0 Å². The maximum atomic E-state index is 12.3. The van der Waals surface area contributed by atoms with Gasteiger partial charge in [0.1, 0.15) is 0 Å². The Morgan fingerprint density at radius 2 is 1.67 bits per heavy atom. The summed E-state index contributed by atoms with van der Waals surface area (Å²) in [6.07, 6.45) is 0. The molecular weight excluding hydrogens is 391 g/mol. The van der Waals surface area contributed by atoms with E-state index in [0.717, 1.165) is 5.46 Å². The zero-order valence-corrected chi connectivity index (χ0v) is 16.8. The van der Waals surface area contributed by atoms with Gasteiger partial charge in [-0.05, 0) is 45.3 Å². The molecule has 1 amide bonds. The van der Waals surface area contributed by atoms with Gasteiger partial charge >= 0.3 is 7.12 Å². The minimum atomic E-state index is -3.95. The minimum Gasteiger partial charge on any atom is -0.399 e. The van der Waals surface area contributed by atoms with Crippen molar-refractivity contribution >= 4 is 45.0 Å². The van der Waals surface area contributed by atoms with Gasteiger partial charge in [0.25, 0.3) is 15.9 Å². The number of hydrogen-bond acceptors (Lipinski definition) is 8. The summed E-state index contributed by atoms with van der Waals surface area (Å²) >= 11 is 0.679. The number of rotatable bonds is 4. The highest BCUT2D eigenvalue weighted by Crippen LogP contribution is 2.36. The number of amides is 1. The van der Waals surface area contributed by atoms with Gasteiger partial charge in [0.2, 0.25) is 9.47 Å². The van der Waals surface area contributed by atoms with E-state index in [2.05, 4.69) is 15.5 Å². The molecule has 2 heterocycles. The molecule has 0 unspecified atom stereocenters. The Kier molecular flexibility index (Phi) is 4.89. The first-order valence-corrected chi connectivity index (χ1v) is 10.4. The highest BCUT2D eigenvalue weighted by Gasteiger charge is 2.51. The number of benzene rings is 1. The van der Waals surface area contributed by atoms with Crippen molar-refractivity contribution in [3.05, 3.63) is 29.8 Å². The Bertz CT molecular complexity index is 956. The summed E-state index contributed by atoms with van der Waals surface area (Å²) in [5.74, 6) is -0.451. The van der Waals surface area contributed by atoms with E-state index >= 15 is 0 Å². The van der Waals surface area contributed by atoms with E-state index in [9.17, 15) is 13.2 Å². The van der Waals surface area contributed by atoms with Gasteiger partial charge < -0.3 is 9.31 Å². The second kappa shape index (κ2) is 6.64. The van der Waals surface area contributed by atoms with Gasteiger partial charge in [-0.3, -0.25) is 10.1 Å². The minimum absolute atomic E-state index is 0.0408. The van der Waals surface area contributed by atoms with Crippen LogP contribution in [0.1, 0.15) is 38.1 Å². The number of nitrogens with two attached hydrogens (primary N) is 1. The third-order valence-electron chi connectivity index (χ3n) is 4.57. The van der Waals surface area contributed by atoms with Gasteiger partial charge in [0.05, 0.1) is 11.2 Å². The lowest BCUT2D eigenvalue weighted by atomic mass is 9.79. The van der Waals surface area contributed by atoms with Crippen LogP contribution >= 0.6 is 11.3 Å². The number of sulfonamides is 1. The summed E-state index contributed by atoms with van der Waals surface area (Å²) in [6.45, 7) is 7.86. The number of hydrogen-bond donors (Lipinski definition) is 2. The summed E-state index contributed by atoms with van der Waals surface area (Å²) < 4.78 is 34.0. The summed E-state index contributed by atoms with van der Waals surface area (Å²) in [4.78, 5) is 12.3. The van der Waals surface area contributed by atoms with Crippen LogP contribution in [0.4, 0.5) is 5.13 Å². The van der Waals surface area contributed by atoms with Crippen LogP contribution in [0, 0.1) is 0 Å². The van der Waals surface area contributed by atoms with Crippen LogP contribution in [0.2, 0.25) is 0 Å². The number of nitrogens with one attached hydrogen (secondary N) is 1. The lowest BCUT2D eigenvalue weighted by Gasteiger charge is -2.32. The largest absolute Gasteiger partial charge is 0.494 e. The maximum absolute atomic E-state index is 12.3. The van der Waals surface area contributed by atoms with Gasteiger partial charge in [0, 0.05) is 5.56 Å².